The van der Waals surface area contributed by atoms with E-state index in [-0.39, 0.29) is 23.9 Å². The highest BCUT2D eigenvalue weighted by Gasteiger charge is 2.27. The first-order valence-electron chi connectivity index (χ1n) is 8.03. The van der Waals surface area contributed by atoms with E-state index in [4.69, 9.17) is 10.5 Å². The predicted octanol–water partition coefficient (Wildman–Crippen LogP) is 0.731. The first kappa shape index (κ1) is 15.7. The molecule has 2 aliphatic rings. The Hall–Kier alpha value is -0.650. The molecular weight excluding hydrogens is 254 g/mol. The Bertz CT molecular complexity index is 299. The number of carbonyl (C=O) groups is 1. The fourth-order valence-electron chi connectivity index (χ4n) is 3.20. The average molecular weight is 283 g/mol. The van der Waals surface area contributed by atoms with Gasteiger partial charge >= 0.3 is 0 Å². The Morgan fingerprint density at radius 3 is 2.60 bits per heavy atom. The van der Waals surface area contributed by atoms with Crippen LogP contribution in [0.15, 0.2) is 0 Å². The maximum atomic E-state index is 12.2. The number of carbonyl (C=O) groups excluding carboxylic acids is 1. The van der Waals surface area contributed by atoms with Gasteiger partial charge in [-0.25, -0.2) is 0 Å². The molecule has 2 fully saturated rings. The van der Waals surface area contributed by atoms with Crippen LogP contribution in [0, 0.1) is 5.92 Å². The zero-order valence-electron chi connectivity index (χ0n) is 12.6. The summed E-state index contributed by atoms with van der Waals surface area (Å²) in [5, 5.41) is 3.08. The SMILES string of the molecule is CC(CN1CCCCC1)NC(=O)C(N)C1CCOCC1. The van der Waals surface area contributed by atoms with Crippen LogP contribution >= 0.6 is 0 Å². The normalized spacial score (nSPS) is 25.1. The lowest BCUT2D eigenvalue weighted by atomic mass is 9.91. The van der Waals surface area contributed by atoms with Crippen LogP contribution in [-0.2, 0) is 9.53 Å². The molecule has 0 radical (unpaired) electrons. The number of ether oxygens (including phenoxy) is 1. The molecule has 5 nitrogen and oxygen atoms in total. The Balaban J connectivity index is 1.71. The van der Waals surface area contributed by atoms with E-state index in [2.05, 4.69) is 17.1 Å². The number of nitrogens with one attached hydrogen (secondary N) is 1. The smallest absolute Gasteiger partial charge is 0.237 e. The van der Waals surface area contributed by atoms with Gasteiger partial charge in [0.2, 0.25) is 5.91 Å². The molecule has 20 heavy (non-hydrogen) atoms. The third-order valence-electron chi connectivity index (χ3n) is 4.45. The molecule has 2 saturated heterocycles. The molecule has 2 aliphatic heterocycles. The molecule has 0 spiro atoms. The van der Waals surface area contributed by atoms with Crippen molar-refractivity contribution in [2.24, 2.45) is 11.7 Å². The van der Waals surface area contributed by atoms with Crippen molar-refractivity contribution in [2.45, 2.75) is 51.1 Å². The second kappa shape index (κ2) is 7.96. The van der Waals surface area contributed by atoms with E-state index in [0.717, 1.165) is 45.7 Å². The van der Waals surface area contributed by atoms with Crippen molar-refractivity contribution >= 4 is 5.91 Å². The molecular formula is C15H29N3O2. The van der Waals surface area contributed by atoms with E-state index >= 15 is 0 Å². The molecule has 2 rings (SSSR count). The summed E-state index contributed by atoms with van der Waals surface area (Å²) in [6.45, 7) is 6.79. The minimum Gasteiger partial charge on any atom is -0.381 e. The fraction of sp³-hybridized carbons (Fsp3) is 0.933. The number of hydrogen-bond donors (Lipinski definition) is 2. The molecule has 3 N–H and O–H groups in total. The van der Waals surface area contributed by atoms with Crippen LogP contribution in [-0.4, -0.2) is 55.7 Å². The maximum Gasteiger partial charge on any atom is 0.237 e. The average Bonchev–Trinajstić information content (AvgIpc) is 2.48. The topological polar surface area (TPSA) is 67.6 Å². The van der Waals surface area contributed by atoms with Gasteiger partial charge in [0, 0.05) is 25.8 Å². The summed E-state index contributed by atoms with van der Waals surface area (Å²) in [7, 11) is 0. The first-order chi connectivity index (χ1) is 9.66. The second-order valence-corrected chi connectivity index (χ2v) is 6.25. The van der Waals surface area contributed by atoms with E-state index < -0.39 is 0 Å². The van der Waals surface area contributed by atoms with Gasteiger partial charge in [-0.2, -0.15) is 0 Å². The highest BCUT2D eigenvalue weighted by atomic mass is 16.5. The van der Waals surface area contributed by atoms with Crippen molar-refractivity contribution in [3.05, 3.63) is 0 Å². The standard InChI is InChI=1S/C15H29N3O2/c1-12(11-18-7-3-2-4-8-18)17-15(19)14(16)13-5-9-20-10-6-13/h12-14H,2-11,16H2,1H3,(H,17,19). The molecule has 0 aromatic rings. The fourth-order valence-corrected chi connectivity index (χ4v) is 3.20. The minimum absolute atomic E-state index is 0.00131. The zero-order chi connectivity index (χ0) is 14.4. The molecule has 0 saturated carbocycles. The molecule has 116 valence electrons. The Morgan fingerprint density at radius 2 is 1.95 bits per heavy atom. The summed E-state index contributed by atoms with van der Waals surface area (Å²) in [5.41, 5.74) is 6.09. The van der Waals surface area contributed by atoms with Crippen LogP contribution < -0.4 is 11.1 Å². The molecule has 0 aromatic carbocycles. The quantitative estimate of drug-likeness (QED) is 0.780. The van der Waals surface area contributed by atoms with Gasteiger partial charge in [-0.15, -0.1) is 0 Å². The van der Waals surface area contributed by atoms with E-state index in [1.165, 1.54) is 19.3 Å². The highest BCUT2D eigenvalue weighted by Crippen LogP contribution is 2.17. The number of rotatable bonds is 5. The molecule has 2 atom stereocenters. The van der Waals surface area contributed by atoms with Crippen molar-refractivity contribution in [1.29, 1.82) is 0 Å². The van der Waals surface area contributed by atoms with Crippen LogP contribution in [0.3, 0.4) is 0 Å². The summed E-state index contributed by atoms with van der Waals surface area (Å²) in [6, 6.07) is -0.214. The van der Waals surface area contributed by atoms with Crippen LogP contribution in [0.25, 0.3) is 0 Å². The predicted molar refractivity (Wildman–Crippen MR) is 79.4 cm³/mol. The third-order valence-corrected chi connectivity index (χ3v) is 4.45. The largest absolute Gasteiger partial charge is 0.381 e. The molecule has 5 heteroatoms. The Kier molecular flexibility index (Phi) is 6.26. The van der Waals surface area contributed by atoms with E-state index in [0.29, 0.717) is 0 Å². The third kappa shape index (κ3) is 4.72. The zero-order valence-corrected chi connectivity index (χ0v) is 12.6. The summed E-state index contributed by atoms with van der Waals surface area (Å²) in [6.07, 6.45) is 5.69. The minimum atomic E-state index is -0.386. The number of nitrogens with two attached hydrogens (primary N) is 1. The first-order valence-corrected chi connectivity index (χ1v) is 8.03. The lowest BCUT2D eigenvalue weighted by molar-refractivity contribution is -0.125. The van der Waals surface area contributed by atoms with Crippen LogP contribution in [0.2, 0.25) is 0 Å². The van der Waals surface area contributed by atoms with Gasteiger partial charge in [0.05, 0.1) is 6.04 Å². The number of amides is 1. The summed E-state index contributed by atoms with van der Waals surface area (Å²) >= 11 is 0. The van der Waals surface area contributed by atoms with Crippen molar-refractivity contribution < 1.29 is 9.53 Å². The number of piperidine rings is 1. The Morgan fingerprint density at radius 1 is 1.30 bits per heavy atom. The van der Waals surface area contributed by atoms with E-state index in [9.17, 15) is 4.79 Å². The van der Waals surface area contributed by atoms with Gasteiger partial charge in [0.1, 0.15) is 0 Å². The van der Waals surface area contributed by atoms with Crippen molar-refractivity contribution in [3.63, 3.8) is 0 Å². The molecule has 1 amide bonds. The Labute approximate surface area is 122 Å². The van der Waals surface area contributed by atoms with Gasteiger partial charge in [-0.3, -0.25) is 4.79 Å². The molecule has 0 aliphatic carbocycles. The van der Waals surface area contributed by atoms with E-state index in [1.807, 2.05) is 0 Å². The van der Waals surface area contributed by atoms with Gasteiger partial charge in [-0.05, 0) is 51.6 Å². The lowest BCUT2D eigenvalue weighted by Crippen LogP contribution is -2.52. The monoisotopic (exact) mass is 283 g/mol. The summed E-state index contributed by atoms with van der Waals surface area (Å²) < 4.78 is 5.32. The number of likely N-dealkylation sites (tertiary alicyclic amines) is 1. The van der Waals surface area contributed by atoms with E-state index in [1.54, 1.807) is 0 Å². The van der Waals surface area contributed by atoms with Crippen molar-refractivity contribution in [3.8, 4) is 0 Å². The highest BCUT2D eigenvalue weighted by molar-refractivity contribution is 5.82. The number of hydrogen-bond acceptors (Lipinski definition) is 4. The van der Waals surface area contributed by atoms with Gasteiger partial charge in [0.15, 0.2) is 0 Å². The maximum absolute atomic E-state index is 12.2. The summed E-state index contributed by atoms with van der Waals surface area (Å²) in [4.78, 5) is 14.6. The van der Waals surface area contributed by atoms with Gasteiger partial charge in [-0.1, -0.05) is 6.42 Å². The number of nitrogens with zero attached hydrogens (tertiary/aromatic N) is 1. The molecule has 2 heterocycles. The van der Waals surface area contributed by atoms with Gasteiger partial charge in [0.25, 0.3) is 0 Å². The molecule has 2 unspecified atom stereocenters. The summed E-state index contributed by atoms with van der Waals surface area (Å²) in [5.74, 6) is 0.271. The molecule has 0 bridgehead atoms. The van der Waals surface area contributed by atoms with Gasteiger partial charge < -0.3 is 20.7 Å². The van der Waals surface area contributed by atoms with Crippen molar-refractivity contribution in [1.82, 2.24) is 10.2 Å². The van der Waals surface area contributed by atoms with Crippen LogP contribution in [0.4, 0.5) is 0 Å². The van der Waals surface area contributed by atoms with Crippen LogP contribution in [0.1, 0.15) is 39.0 Å². The molecule has 0 aromatic heterocycles. The second-order valence-electron chi connectivity index (χ2n) is 6.25. The van der Waals surface area contributed by atoms with Crippen molar-refractivity contribution in [2.75, 3.05) is 32.8 Å². The van der Waals surface area contributed by atoms with Crippen LogP contribution in [0.5, 0.6) is 0 Å². The lowest BCUT2D eigenvalue weighted by Gasteiger charge is -2.31.